The van der Waals surface area contributed by atoms with Crippen molar-refractivity contribution in [1.29, 1.82) is 0 Å². The van der Waals surface area contributed by atoms with Gasteiger partial charge in [0.05, 0.1) is 20.1 Å². The Hall–Kier alpha value is -1.55. The number of carbonyl (C=O) groups is 1. The molecule has 4 nitrogen and oxygen atoms in total. The molecule has 0 aliphatic heterocycles. The second-order valence-electron chi connectivity index (χ2n) is 2.86. The first kappa shape index (κ1) is 14.5. The lowest BCUT2D eigenvalue weighted by atomic mass is 10.3. The van der Waals surface area contributed by atoms with Gasteiger partial charge in [0.15, 0.2) is 0 Å². The molecule has 1 aromatic rings. The number of para-hydroxylation sites is 1. The van der Waals surface area contributed by atoms with Gasteiger partial charge >= 0.3 is 5.97 Å². The van der Waals surface area contributed by atoms with Gasteiger partial charge in [0.2, 0.25) is 0 Å². The van der Waals surface area contributed by atoms with Gasteiger partial charge in [-0.2, -0.15) is 0 Å². The van der Waals surface area contributed by atoms with Crippen LogP contribution < -0.4 is 10.5 Å². The maximum absolute atomic E-state index is 10.3. The van der Waals surface area contributed by atoms with Crippen molar-refractivity contribution in [2.45, 2.75) is 13.3 Å². The van der Waals surface area contributed by atoms with Crippen LogP contribution in [0.3, 0.4) is 0 Å². The van der Waals surface area contributed by atoms with E-state index in [1.807, 2.05) is 30.3 Å². The Morgan fingerprint density at radius 1 is 1.31 bits per heavy atom. The number of carbonyl (C=O) groups excluding carboxylic acids is 1. The third-order valence-corrected chi connectivity index (χ3v) is 1.63. The molecule has 0 amide bonds. The van der Waals surface area contributed by atoms with Crippen LogP contribution in [0, 0.1) is 0 Å². The predicted octanol–water partition coefficient (Wildman–Crippen LogP) is 1.59. The zero-order valence-corrected chi connectivity index (χ0v) is 9.81. The second kappa shape index (κ2) is 9.98. The fraction of sp³-hybridized carbons (Fsp3) is 0.417. The van der Waals surface area contributed by atoms with E-state index in [0.29, 0.717) is 19.6 Å². The Balaban J connectivity index is 0.000000281. The van der Waals surface area contributed by atoms with Crippen LogP contribution in [0.1, 0.15) is 13.3 Å². The fourth-order valence-electron chi connectivity index (χ4n) is 0.908. The highest BCUT2D eigenvalue weighted by Crippen LogP contribution is 2.05. The number of methoxy groups -OCH3 is 1. The molecule has 0 aromatic heterocycles. The van der Waals surface area contributed by atoms with Gasteiger partial charge < -0.3 is 15.2 Å². The molecule has 0 bridgehead atoms. The molecule has 1 rings (SSSR count). The van der Waals surface area contributed by atoms with Crippen molar-refractivity contribution < 1.29 is 14.3 Å². The molecule has 0 aliphatic carbocycles. The summed E-state index contributed by atoms with van der Waals surface area (Å²) in [6.45, 7) is 2.59. The number of hydrogen-bond donors (Lipinski definition) is 1. The van der Waals surface area contributed by atoms with Gasteiger partial charge in [-0.05, 0) is 19.1 Å². The van der Waals surface area contributed by atoms with Gasteiger partial charge in [-0.3, -0.25) is 4.79 Å². The Morgan fingerprint density at radius 3 is 2.31 bits per heavy atom. The van der Waals surface area contributed by atoms with E-state index in [9.17, 15) is 4.79 Å². The largest absolute Gasteiger partial charge is 0.497 e. The first-order chi connectivity index (χ1) is 7.74. The van der Waals surface area contributed by atoms with Crippen LogP contribution in [0.15, 0.2) is 30.3 Å². The molecular weight excluding hydrogens is 206 g/mol. The Bertz CT molecular complexity index is 267. The zero-order chi connectivity index (χ0) is 12.2. The van der Waals surface area contributed by atoms with Crippen molar-refractivity contribution in [3.05, 3.63) is 30.3 Å². The van der Waals surface area contributed by atoms with Crippen molar-refractivity contribution in [2.24, 2.45) is 5.73 Å². The highest BCUT2D eigenvalue weighted by molar-refractivity contribution is 5.69. The molecule has 0 saturated carbocycles. The van der Waals surface area contributed by atoms with Gasteiger partial charge in [-0.25, -0.2) is 0 Å². The van der Waals surface area contributed by atoms with E-state index >= 15 is 0 Å². The summed E-state index contributed by atoms with van der Waals surface area (Å²) < 4.78 is 9.48. The molecule has 0 atom stereocenters. The molecule has 90 valence electrons. The molecular formula is C12H19NO3. The van der Waals surface area contributed by atoms with Gasteiger partial charge in [-0.1, -0.05) is 18.2 Å². The van der Waals surface area contributed by atoms with E-state index in [-0.39, 0.29) is 5.97 Å². The number of hydrogen-bond acceptors (Lipinski definition) is 4. The lowest BCUT2D eigenvalue weighted by molar-refractivity contribution is -0.142. The maximum Gasteiger partial charge on any atom is 0.307 e. The standard InChI is InChI=1S/C7H8O.C5H11NO2/c1-8-7-5-3-2-4-6-7;1-2-8-5(7)3-4-6/h2-6H,1H3;2-4,6H2,1H3. The quantitative estimate of drug-likeness (QED) is 0.790. The fourth-order valence-corrected chi connectivity index (χ4v) is 0.908. The first-order valence-electron chi connectivity index (χ1n) is 5.19. The summed E-state index contributed by atoms with van der Waals surface area (Å²) >= 11 is 0. The van der Waals surface area contributed by atoms with Gasteiger partial charge in [-0.15, -0.1) is 0 Å². The first-order valence-corrected chi connectivity index (χ1v) is 5.19. The number of benzene rings is 1. The SMILES string of the molecule is CCOC(=O)CCN.COc1ccccc1. The molecule has 1 aromatic carbocycles. The zero-order valence-electron chi connectivity index (χ0n) is 9.81. The minimum absolute atomic E-state index is 0.213. The molecule has 0 heterocycles. The molecule has 2 N–H and O–H groups in total. The van der Waals surface area contributed by atoms with Crippen LogP contribution in [0.4, 0.5) is 0 Å². The van der Waals surface area contributed by atoms with Gasteiger partial charge in [0.1, 0.15) is 5.75 Å². The van der Waals surface area contributed by atoms with Crippen LogP contribution in [-0.4, -0.2) is 26.2 Å². The summed E-state index contributed by atoms with van der Waals surface area (Å²) in [6, 6.07) is 9.68. The molecule has 0 spiro atoms. The monoisotopic (exact) mass is 225 g/mol. The molecule has 0 fully saturated rings. The van der Waals surface area contributed by atoms with Crippen LogP contribution in [0.25, 0.3) is 0 Å². The normalized spacial score (nSPS) is 8.69. The number of nitrogens with two attached hydrogens (primary N) is 1. The average Bonchev–Trinajstić information content (AvgIpc) is 2.32. The van der Waals surface area contributed by atoms with E-state index in [1.54, 1.807) is 14.0 Å². The third kappa shape index (κ3) is 7.82. The van der Waals surface area contributed by atoms with E-state index in [1.165, 1.54) is 0 Å². The molecule has 16 heavy (non-hydrogen) atoms. The van der Waals surface area contributed by atoms with E-state index in [2.05, 4.69) is 4.74 Å². The lowest BCUT2D eigenvalue weighted by Gasteiger charge is -1.96. The van der Waals surface area contributed by atoms with Gasteiger partial charge in [0.25, 0.3) is 0 Å². The van der Waals surface area contributed by atoms with Crippen molar-refractivity contribution in [1.82, 2.24) is 0 Å². The molecule has 4 heteroatoms. The topological polar surface area (TPSA) is 61.5 Å². The summed E-state index contributed by atoms with van der Waals surface area (Å²) in [5.41, 5.74) is 5.06. The maximum atomic E-state index is 10.3. The van der Waals surface area contributed by atoms with E-state index in [0.717, 1.165) is 5.75 Å². The summed E-state index contributed by atoms with van der Waals surface area (Å²) in [6.07, 6.45) is 0.327. The molecule has 0 saturated heterocycles. The number of esters is 1. The molecule has 0 radical (unpaired) electrons. The summed E-state index contributed by atoms with van der Waals surface area (Å²) in [7, 11) is 1.66. The van der Waals surface area contributed by atoms with Crippen LogP contribution in [-0.2, 0) is 9.53 Å². The summed E-state index contributed by atoms with van der Waals surface area (Å²) in [5.74, 6) is 0.697. The Morgan fingerprint density at radius 2 is 1.94 bits per heavy atom. The van der Waals surface area contributed by atoms with E-state index < -0.39 is 0 Å². The minimum atomic E-state index is -0.213. The van der Waals surface area contributed by atoms with Crippen molar-refractivity contribution in [3.8, 4) is 5.75 Å². The highest BCUT2D eigenvalue weighted by atomic mass is 16.5. The minimum Gasteiger partial charge on any atom is -0.497 e. The molecule has 0 unspecified atom stereocenters. The Labute approximate surface area is 96.4 Å². The summed E-state index contributed by atoms with van der Waals surface area (Å²) in [5, 5.41) is 0. The average molecular weight is 225 g/mol. The van der Waals surface area contributed by atoms with Crippen LogP contribution in [0.5, 0.6) is 5.75 Å². The lowest BCUT2D eigenvalue weighted by Crippen LogP contribution is -2.10. The second-order valence-corrected chi connectivity index (χ2v) is 2.86. The van der Waals surface area contributed by atoms with Crippen LogP contribution >= 0.6 is 0 Å². The van der Waals surface area contributed by atoms with E-state index in [4.69, 9.17) is 10.5 Å². The highest BCUT2D eigenvalue weighted by Gasteiger charge is 1.95. The van der Waals surface area contributed by atoms with Crippen LogP contribution in [0.2, 0.25) is 0 Å². The van der Waals surface area contributed by atoms with Gasteiger partial charge in [0, 0.05) is 6.54 Å². The number of rotatable bonds is 4. The predicted molar refractivity (Wildman–Crippen MR) is 63.3 cm³/mol. The summed E-state index contributed by atoms with van der Waals surface area (Å²) in [4.78, 5) is 10.3. The Kier molecular flexibility index (Phi) is 9.02. The third-order valence-electron chi connectivity index (χ3n) is 1.63. The van der Waals surface area contributed by atoms with Crippen molar-refractivity contribution >= 4 is 5.97 Å². The van der Waals surface area contributed by atoms with Crippen molar-refractivity contribution in [2.75, 3.05) is 20.3 Å². The van der Waals surface area contributed by atoms with Crippen molar-refractivity contribution in [3.63, 3.8) is 0 Å². The molecule has 0 aliphatic rings. The number of ether oxygens (including phenoxy) is 2. The smallest absolute Gasteiger partial charge is 0.307 e.